The van der Waals surface area contributed by atoms with Gasteiger partial charge in [0, 0.05) is 18.1 Å². The van der Waals surface area contributed by atoms with Crippen LogP contribution >= 0.6 is 11.6 Å². The van der Waals surface area contributed by atoms with E-state index in [1.165, 1.54) is 6.07 Å². The molecule has 6 heteroatoms. The van der Waals surface area contributed by atoms with Gasteiger partial charge in [0.2, 0.25) is 0 Å². The highest BCUT2D eigenvalue weighted by molar-refractivity contribution is 6.33. The number of nitrogens with zero attached hydrogens (tertiary/aromatic N) is 1. The smallest absolute Gasteiger partial charge is 0.295 e. The molecular weight excluding hydrogens is 318 g/mol. The predicted molar refractivity (Wildman–Crippen MR) is 90.2 cm³/mol. The monoisotopic (exact) mass is 337 g/mol. The van der Waals surface area contributed by atoms with Gasteiger partial charge in [0.25, 0.3) is 5.69 Å². The third kappa shape index (κ3) is 4.05. The second-order valence-electron chi connectivity index (χ2n) is 5.25. The molecule has 1 aromatic rings. The van der Waals surface area contributed by atoms with Crippen LogP contribution in [0.25, 0.3) is 5.57 Å². The summed E-state index contributed by atoms with van der Waals surface area (Å²) in [4.78, 5) is 10.9. The van der Waals surface area contributed by atoms with Crippen LogP contribution in [0.15, 0.2) is 35.8 Å². The summed E-state index contributed by atoms with van der Waals surface area (Å²) in [6.07, 6.45) is 5.04. The van der Waals surface area contributed by atoms with Gasteiger partial charge < -0.3 is 9.47 Å². The van der Waals surface area contributed by atoms with Crippen LogP contribution in [0.2, 0.25) is 5.02 Å². The third-order valence-electron chi connectivity index (χ3n) is 3.72. The Hall–Kier alpha value is -2.01. The van der Waals surface area contributed by atoms with Gasteiger partial charge in [-0.25, -0.2) is 0 Å². The van der Waals surface area contributed by atoms with Crippen molar-refractivity contribution in [1.82, 2.24) is 0 Å². The number of benzene rings is 1. The largest absolute Gasteiger partial charge is 0.501 e. The maximum absolute atomic E-state index is 11.4. The number of hydrogen-bond acceptors (Lipinski definition) is 4. The zero-order chi connectivity index (χ0) is 16.8. The zero-order valence-electron chi connectivity index (χ0n) is 13.3. The number of hydrogen-bond donors (Lipinski definition) is 0. The summed E-state index contributed by atoms with van der Waals surface area (Å²) in [5.74, 6) is 1.44. The first kappa shape index (κ1) is 17.3. The number of unbranched alkanes of at least 4 members (excludes halogenated alkanes) is 1. The normalized spacial score (nSPS) is 14.5. The van der Waals surface area contributed by atoms with E-state index in [4.69, 9.17) is 21.1 Å². The van der Waals surface area contributed by atoms with Gasteiger partial charge in [-0.15, -0.1) is 0 Å². The fourth-order valence-corrected chi connectivity index (χ4v) is 2.75. The number of nitro benzene ring substituents is 1. The molecular formula is C17H20ClNO4. The standard InChI is InChI=1S/C17H20ClNO4/c1-3-4-10-23-16-11-12(22-2)8-9-13(16)14-6-5-7-15(18)17(14)19(20)21/h5-7,11H,3-4,8-10H2,1-2H3. The number of allylic oxidation sites excluding steroid dienone is 3. The Bertz CT molecular complexity index is 652. The molecule has 0 fully saturated rings. The van der Waals surface area contributed by atoms with Crippen molar-refractivity contribution in [3.8, 4) is 0 Å². The highest BCUT2D eigenvalue weighted by atomic mass is 35.5. The summed E-state index contributed by atoms with van der Waals surface area (Å²) >= 11 is 6.03. The summed E-state index contributed by atoms with van der Waals surface area (Å²) in [6, 6.07) is 4.96. The van der Waals surface area contributed by atoms with Gasteiger partial charge in [-0.1, -0.05) is 31.0 Å². The number of ether oxygens (including phenoxy) is 2. The molecule has 0 radical (unpaired) electrons. The van der Waals surface area contributed by atoms with E-state index in [0.29, 0.717) is 30.8 Å². The van der Waals surface area contributed by atoms with Crippen LogP contribution in [-0.2, 0) is 9.47 Å². The maximum atomic E-state index is 11.4. The van der Waals surface area contributed by atoms with Crippen LogP contribution < -0.4 is 0 Å². The van der Waals surface area contributed by atoms with Crippen molar-refractivity contribution in [2.75, 3.05) is 13.7 Å². The fraction of sp³-hybridized carbons (Fsp3) is 0.412. The van der Waals surface area contributed by atoms with Gasteiger partial charge in [0.15, 0.2) is 0 Å². The minimum absolute atomic E-state index is 0.0741. The van der Waals surface area contributed by atoms with Crippen LogP contribution in [0, 0.1) is 10.1 Å². The number of rotatable bonds is 7. The van der Waals surface area contributed by atoms with Gasteiger partial charge in [-0.3, -0.25) is 10.1 Å². The van der Waals surface area contributed by atoms with E-state index in [-0.39, 0.29) is 10.7 Å². The molecule has 1 aromatic carbocycles. The molecule has 0 aromatic heterocycles. The molecule has 0 bridgehead atoms. The van der Waals surface area contributed by atoms with Crippen LogP contribution in [0.5, 0.6) is 0 Å². The molecule has 23 heavy (non-hydrogen) atoms. The third-order valence-corrected chi connectivity index (χ3v) is 4.03. The van der Waals surface area contributed by atoms with E-state index in [0.717, 1.165) is 24.2 Å². The number of halogens is 1. The second kappa shape index (κ2) is 8.02. The van der Waals surface area contributed by atoms with E-state index in [2.05, 4.69) is 6.92 Å². The van der Waals surface area contributed by atoms with Gasteiger partial charge >= 0.3 is 0 Å². The Labute approximate surface area is 140 Å². The topological polar surface area (TPSA) is 61.6 Å². The highest BCUT2D eigenvalue weighted by Crippen LogP contribution is 2.39. The summed E-state index contributed by atoms with van der Waals surface area (Å²) < 4.78 is 11.2. The molecule has 0 spiro atoms. The van der Waals surface area contributed by atoms with Crippen LogP contribution in [0.4, 0.5) is 5.69 Å². The molecule has 1 aliphatic carbocycles. The van der Waals surface area contributed by atoms with Crippen molar-refractivity contribution in [3.05, 3.63) is 56.5 Å². The van der Waals surface area contributed by atoms with Crippen LogP contribution in [-0.4, -0.2) is 18.6 Å². The van der Waals surface area contributed by atoms with Gasteiger partial charge in [0.05, 0.1) is 30.0 Å². The van der Waals surface area contributed by atoms with Crippen molar-refractivity contribution < 1.29 is 14.4 Å². The first-order chi connectivity index (χ1) is 11.1. The van der Waals surface area contributed by atoms with Crippen molar-refractivity contribution in [2.45, 2.75) is 32.6 Å². The molecule has 0 saturated carbocycles. The van der Waals surface area contributed by atoms with E-state index in [1.807, 2.05) is 6.08 Å². The average molecular weight is 338 g/mol. The average Bonchev–Trinajstić information content (AvgIpc) is 2.54. The van der Waals surface area contributed by atoms with Crippen molar-refractivity contribution in [1.29, 1.82) is 0 Å². The molecule has 0 N–H and O–H groups in total. The molecule has 124 valence electrons. The molecule has 2 rings (SSSR count). The summed E-state index contributed by atoms with van der Waals surface area (Å²) in [7, 11) is 1.61. The lowest BCUT2D eigenvalue weighted by Crippen LogP contribution is -2.06. The second-order valence-corrected chi connectivity index (χ2v) is 5.66. The molecule has 0 aliphatic heterocycles. The van der Waals surface area contributed by atoms with Crippen molar-refractivity contribution >= 4 is 22.9 Å². The summed E-state index contributed by atoms with van der Waals surface area (Å²) in [5, 5.41) is 11.5. The number of methoxy groups -OCH3 is 1. The first-order valence-electron chi connectivity index (χ1n) is 7.62. The lowest BCUT2D eigenvalue weighted by molar-refractivity contribution is -0.385. The molecule has 0 heterocycles. The highest BCUT2D eigenvalue weighted by Gasteiger charge is 2.26. The van der Waals surface area contributed by atoms with E-state index in [9.17, 15) is 10.1 Å². The Kier molecular flexibility index (Phi) is 6.04. The molecule has 0 unspecified atom stereocenters. The fourth-order valence-electron chi connectivity index (χ4n) is 2.50. The molecule has 1 aliphatic rings. The Morgan fingerprint density at radius 2 is 2.13 bits per heavy atom. The predicted octanol–water partition coefficient (Wildman–Crippen LogP) is 5.10. The van der Waals surface area contributed by atoms with Crippen molar-refractivity contribution in [3.63, 3.8) is 0 Å². The minimum Gasteiger partial charge on any atom is -0.501 e. The number of para-hydroxylation sites is 1. The summed E-state index contributed by atoms with van der Waals surface area (Å²) in [6.45, 7) is 2.65. The van der Waals surface area contributed by atoms with Gasteiger partial charge in [-0.05, 0) is 25.0 Å². The Morgan fingerprint density at radius 3 is 2.78 bits per heavy atom. The molecule has 5 nitrogen and oxygen atoms in total. The van der Waals surface area contributed by atoms with Crippen molar-refractivity contribution in [2.24, 2.45) is 0 Å². The van der Waals surface area contributed by atoms with Crippen LogP contribution in [0.1, 0.15) is 38.2 Å². The van der Waals surface area contributed by atoms with E-state index in [1.54, 1.807) is 19.2 Å². The lowest BCUT2D eigenvalue weighted by atomic mass is 9.94. The Morgan fingerprint density at radius 1 is 1.35 bits per heavy atom. The number of nitro groups is 1. The lowest BCUT2D eigenvalue weighted by Gasteiger charge is -2.20. The molecule has 0 saturated heterocycles. The first-order valence-corrected chi connectivity index (χ1v) is 8.00. The minimum atomic E-state index is -0.441. The molecule has 0 amide bonds. The SMILES string of the molecule is CCCCOC1=C(c2cccc(Cl)c2[N+](=O)[O-])CCC(OC)=C1. The van der Waals surface area contributed by atoms with E-state index >= 15 is 0 Å². The van der Waals surface area contributed by atoms with Gasteiger partial charge in [0.1, 0.15) is 10.8 Å². The quantitative estimate of drug-likeness (QED) is 0.394. The zero-order valence-corrected chi connectivity index (χ0v) is 14.1. The van der Waals surface area contributed by atoms with Gasteiger partial charge in [-0.2, -0.15) is 0 Å². The Balaban J connectivity index is 2.50. The maximum Gasteiger partial charge on any atom is 0.295 e. The summed E-state index contributed by atoms with van der Waals surface area (Å²) in [5.41, 5.74) is 1.24. The molecule has 0 atom stereocenters. The van der Waals surface area contributed by atoms with Crippen LogP contribution in [0.3, 0.4) is 0 Å². The van der Waals surface area contributed by atoms with E-state index < -0.39 is 4.92 Å².